The standard InChI is InChI=1S/C34H36N4O6/c1-19-6-27-29(8-21(19)3)37(17-35-27)13-24(39)15-42-26-11-31(34-23(5)10-33(41)44-32(34)12-26)43-16-25(40)14-38-18-36-28-7-20(2)22(4)9-30(28)38/h6-12,17-18,24-25,39-40H,13-16H2,1-5H3. The molecule has 6 aromatic rings. The van der Waals surface area contributed by atoms with Gasteiger partial charge in [0.05, 0.1) is 53.2 Å². The van der Waals surface area contributed by atoms with Crippen LogP contribution in [0, 0.1) is 34.6 Å². The lowest BCUT2D eigenvalue weighted by atomic mass is 10.1. The maximum atomic E-state index is 12.2. The summed E-state index contributed by atoms with van der Waals surface area (Å²) in [5, 5.41) is 22.3. The second-order valence-corrected chi connectivity index (χ2v) is 11.6. The number of imidazole rings is 2. The molecular weight excluding hydrogens is 560 g/mol. The molecule has 228 valence electrons. The first-order chi connectivity index (χ1) is 21.0. The highest BCUT2D eigenvalue weighted by Crippen LogP contribution is 2.33. The molecule has 0 bridgehead atoms. The lowest BCUT2D eigenvalue weighted by Gasteiger charge is -2.18. The van der Waals surface area contributed by atoms with E-state index in [2.05, 4.69) is 22.1 Å². The number of rotatable bonds is 10. The van der Waals surface area contributed by atoms with Gasteiger partial charge in [0.2, 0.25) is 0 Å². The van der Waals surface area contributed by atoms with Crippen LogP contribution in [0.15, 0.2) is 64.3 Å². The molecule has 3 aromatic carbocycles. The summed E-state index contributed by atoms with van der Waals surface area (Å²) >= 11 is 0. The Morgan fingerprint density at radius 2 is 1.23 bits per heavy atom. The van der Waals surface area contributed by atoms with Crippen molar-refractivity contribution in [1.29, 1.82) is 0 Å². The minimum absolute atomic E-state index is 0.0132. The molecule has 0 saturated heterocycles. The first-order valence-electron chi connectivity index (χ1n) is 14.6. The molecule has 3 heterocycles. The maximum Gasteiger partial charge on any atom is 0.336 e. The van der Waals surface area contributed by atoms with E-state index in [1.165, 1.54) is 6.07 Å². The Morgan fingerprint density at radius 1 is 0.705 bits per heavy atom. The van der Waals surface area contributed by atoms with Crippen LogP contribution in [0.4, 0.5) is 0 Å². The van der Waals surface area contributed by atoms with Gasteiger partial charge in [-0.15, -0.1) is 0 Å². The predicted octanol–water partition coefficient (Wildman–Crippen LogP) is 4.91. The Labute approximate surface area is 254 Å². The highest BCUT2D eigenvalue weighted by atomic mass is 16.5. The Morgan fingerprint density at radius 3 is 1.80 bits per heavy atom. The highest BCUT2D eigenvalue weighted by molar-refractivity contribution is 5.88. The van der Waals surface area contributed by atoms with Crippen molar-refractivity contribution in [1.82, 2.24) is 19.1 Å². The van der Waals surface area contributed by atoms with Gasteiger partial charge in [0.15, 0.2) is 0 Å². The smallest absolute Gasteiger partial charge is 0.336 e. The predicted molar refractivity (Wildman–Crippen MR) is 169 cm³/mol. The second kappa shape index (κ2) is 11.8. The molecule has 0 fully saturated rings. The molecule has 0 aliphatic heterocycles. The van der Waals surface area contributed by atoms with Crippen LogP contribution in [-0.4, -0.2) is 54.7 Å². The van der Waals surface area contributed by atoms with Crippen LogP contribution in [-0.2, 0) is 13.1 Å². The third kappa shape index (κ3) is 5.91. The molecule has 0 aliphatic rings. The largest absolute Gasteiger partial charge is 0.491 e. The molecule has 44 heavy (non-hydrogen) atoms. The SMILES string of the molecule is Cc1cc2ncn(CC(O)COc3cc(OCC(O)Cn4cnc5cc(C)c(C)cc54)c4c(C)cc(=O)oc4c3)c2cc1C. The number of nitrogens with zero attached hydrogens (tertiary/aromatic N) is 4. The van der Waals surface area contributed by atoms with E-state index in [-0.39, 0.29) is 19.8 Å². The van der Waals surface area contributed by atoms with E-state index in [9.17, 15) is 15.0 Å². The monoisotopic (exact) mass is 596 g/mol. The first-order valence-corrected chi connectivity index (χ1v) is 14.6. The molecule has 2 N–H and O–H groups in total. The maximum absolute atomic E-state index is 12.2. The van der Waals surface area contributed by atoms with Crippen LogP contribution in [0.5, 0.6) is 11.5 Å². The van der Waals surface area contributed by atoms with Gasteiger partial charge in [0.1, 0.15) is 42.5 Å². The van der Waals surface area contributed by atoms with Crippen molar-refractivity contribution in [3.05, 3.63) is 93.4 Å². The molecule has 0 aliphatic carbocycles. The first kappa shape index (κ1) is 29.4. The fourth-order valence-electron chi connectivity index (χ4n) is 5.47. The Hall–Kier alpha value is -4.67. The summed E-state index contributed by atoms with van der Waals surface area (Å²) < 4.78 is 21.4. The van der Waals surface area contributed by atoms with Gasteiger partial charge >= 0.3 is 5.63 Å². The average molecular weight is 597 g/mol. The number of aromatic nitrogens is 4. The van der Waals surface area contributed by atoms with Gasteiger partial charge in [0, 0.05) is 18.2 Å². The molecule has 0 radical (unpaired) electrons. The van der Waals surface area contributed by atoms with E-state index in [0.717, 1.165) is 44.3 Å². The molecule has 0 spiro atoms. The summed E-state index contributed by atoms with van der Waals surface area (Å²) in [6.07, 6.45) is 1.75. The van der Waals surface area contributed by atoms with Crippen molar-refractivity contribution >= 4 is 33.0 Å². The van der Waals surface area contributed by atoms with E-state index in [0.29, 0.717) is 34.6 Å². The summed E-state index contributed by atoms with van der Waals surface area (Å²) in [6, 6.07) is 12.9. The molecule has 10 heteroatoms. The molecule has 2 atom stereocenters. The lowest BCUT2D eigenvalue weighted by molar-refractivity contribution is 0.0904. The second-order valence-electron chi connectivity index (χ2n) is 11.6. The fraction of sp³-hybridized carbons (Fsp3) is 0.324. The third-order valence-electron chi connectivity index (χ3n) is 8.14. The number of aliphatic hydroxyl groups is 2. The Bertz CT molecular complexity index is 2060. The fourth-order valence-corrected chi connectivity index (χ4v) is 5.47. The zero-order chi connectivity index (χ0) is 31.1. The van der Waals surface area contributed by atoms with Crippen molar-refractivity contribution in [3.8, 4) is 11.5 Å². The Kier molecular flexibility index (Phi) is 7.87. The zero-order valence-corrected chi connectivity index (χ0v) is 25.5. The van der Waals surface area contributed by atoms with Gasteiger partial charge in [-0.05, 0) is 86.7 Å². The molecule has 6 rings (SSSR count). The molecule has 0 amide bonds. The van der Waals surface area contributed by atoms with Crippen LogP contribution >= 0.6 is 0 Å². The summed E-state index contributed by atoms with van der Waals surface area (Å²) in [7, 11) is 0. The third-order valence-corrected chi connectivity index (χ3v) is 8.14. The number of hydrogen-bond donors (Lipinski definition) is 2. The number of ether oxygens (including phenoxy) is 2. The van der Waals surface area contributed by atoms with E-state index in [4.69, 9.17) is 13.9 Å². The van der Waals surface area contributed by atoms with Gasteiger partial charge in [-0.25, -0.2) is 14.8 Å². The molecule has 3 aromatic heterocycles. The number of fused-ring (bicyclic) bond motifs is 3. The van der Waals surface area contributed by atoms with Gasteiger partial charge < -0.3 is 33.2 Å². The van der Waals surface area contributed by atoms with Crippen LogP contribution in [0.3, 0.4) is 0 Å². The van der Waals surface area contributed by atoms with Crippen molar-refractivity contribution in [2.75, 3.05) is 13.2 Å². The van der Waals surface area contributed by atoms with Gasteiger partial charge in [-0.3, -0.25) is 0 Å². The quantitative estimate of drug-likeness (QED) is 0.214. The van der Waals surface area contributed by atoms with Gasteiger partial charge in [-0.1, -0.05) is 0 Å². The Balaban J connectivity index is 1.18. The van der Waals surface area contributed by atoms with Crippen molar-refractivity contribution < 1.29 is 24.1 Å². The van der Waals surface area contributed by atoms with Crippen LogP contribution < -0.4 is 15.1 Å². The summed E-state index contributed by atoms with van der Waals surface area (Å²) in [5.74, 6) is 0.767. The van der Waals surface area contributed by atoms with E-state index < -0.39 is 17.8 Å². The summed E-state index contributed by atoms with van der Waals surface area (Å²) in [6.45, 7) is 10.5. The van der Waals surface area contributed by atoms with Gasteiger partial charge in [-0.2, -0.15) is 0 Å². The van der Waals surface area contributed by atoms with E-state index in [1.54, 1.807) is 31.7 Å². The minimum atomic E-state index is -0.844. The number of hydrogen-bond acceptors (Lipinski definition) is 8. The molecule has 10 nitrogen and oxygen atoms in total. The number of aryl methyl sites for hydroxylation is 5. The topological polar surface area (TPSA) is 125 Å². The molecule has 0 saturated carbocycles. The highest BCUT2D eigenvalue weighted by Gasteiger charge is 2.17. The van der Waals surface area contributed by atoms with E-state index >= 15 is 0 Å². The van der Waals surface area contributed by atoms with E-state index in [1.807, 2.05) is 49.0 Å². The normalized spacial score (nSPS) is 13.2. The number of aliphatic hydroxyl groups excluding tert-OH is 2. The lowest BCUT2D eigenvalue weighted by Crippen LogP contribution is -2.24. The summed E-state index contributed by atoms with van der Waals surface area (Å²) in [5.41, 5.74) is 8.74. The minimum Gasteiger partial charge on any atom is -0.491 e. The van der Waals surface area contributed by atoms with Crippen LogP contribution in [0.2, 0.25) is 0 Å². The van der Waals surface area contributed by atoms with Gasteiger partial charge in [0.25, 0.3) is 0 Å². The van der Waals surface area contributed by atoms with Crippen LogP contribution in [0.1, 0.15) is 27.8 Å². The molecular formula is C34H36N4O6. The van der Waals surface area contributed by atoms with Crippen LogP contribution in [0.25, 0.3) is 33.0 Å². The van der Waals surface area contributed by atoms with Crippen molar-refractivity contribution in [3.63, 3.8) is 0 Å². The van der Waals surface area contributed by atoms with Crippen molar-refractivity contribution in [2.45, 2.75) is 59.9 Å². The molecule has 2 unspecified atom stereocenters. The summed E-state index contributed by atoms with van der Waals surface area (Å²) in [4.78, 5) is 21.1. The van der Waals surface area contributed by atoms with Crippen molar-refractivity contribution in [2.24, 2.45) is 0 Å². The average Bonchev–Trinajstić information content (AvgIpc) is 3.53. The zero-order valence-electron chi connectivity index (χ0n) is 25.5. The number of benzene rings is 3.